The third kappa shape index (κ3) is 3.01. The van der Waals surface area contributed by atoms with Gasteiger partial charge in [-0.1, -0.05) is 18.7 Å². The number of nitrogens with zero attached hydrogens (tertiary/aromatic N) is 1. The summed E-state index contributed by atoms with van der Waals surface area (Å²) in [5, 5.41) is 0.735. The van der Waals surface area contributed by atoms with Crippen LogP contribution >= 0.6 is 0 Å². The van der Waals surface area contributed by atoms with Crippen LogP contribution in [0, 0.1) is 19.7 Å². The third-order valence-corrected chi connectivity index (χ3v) is 5.69. The first kappa shape index (κ1) is 18.9. The Kier molecular flexibility index (Phi) is 4.49. The summed E-state index contributed by atoms with van der Waals surface area (Å²) < 4.78 is 15.3. The second kappa shape index (κ2) is 6.88. The zero-order chi connectivity index (χ0) is 20.9. The molecule has 2 aromatic carbocycles. The first-order valence-corrected chi connectivity index (χ1v) is 9.47. The maximum absolute atomic E-state index is 15.3. The lowest BCUT2D eigenvalue weighted by molar-refractivity contribution is -0.117. The van der Waals surface area contributed by atoms with Gasteiger partial charge in [0.25, 0.3) is 0 Å². The second-order valence-electron chi connectivity index (χ2n) is 7.45. The maximum atomic E-state index is 15.3. The SMILES string of the molecule is C=CC(=O)N1CCc2ccc(-c3c(F)cc(CC(N)=O)c4[nH]c(C)c(C)c34)cc21. The van der Waals surface area contributed by atoms with Crippen LogP contribution in [0.4, 0.5) is 10.1 Å². The van der Waals surface area contributed by atoms with Crippen molar-refractivity contribution in [2.24, 2.45) is 5.73 Å². The van der Waals surface area contributed by atoms with Crippen molar-refractivity contribution in [3.8, 4) is 11.1 Å². The number of H-pyrrole nitrogens is 1. The molecule has 0 saturated carbocycles. The number of carbonyl (C=O) groups excluding carboxylic acids is 2. The van der Waals surface area contributed by atoms with Crippen LogP contribution in [-0.4, -0.2) is 23.3 Å². The normalized spacial score (nSPS) is 13.0. The summed E-state index contributed by atoms with van der Waals surface area (Å²) in [6, 6.07) is 7.06. The number of nitrogens with two attached hydrogens (primary N) is 1. The highest BCUT2D eigenvalue weighted by molar-refractivity contribution is 6.05. The van der Waals surface area contributed by atoms with Gasteiger partial charge < -0.3 is 15.6 Å². The van der Waals surface area contributed by atoms with E-state index in [9.17, 15) is 9.59 Å². The van der Waals surface area contributed by atoms with E-state index in [0.717, 1.165) is 39.8 Å². The number of primary amides is 1. The largest absolute Gasteiger partial charge is 0.369 e. The monoisotopic (exact) mass is 391 g/mol. The smallest absolute Gasteiger partial charge is 0.250 e. The summed E-state index contributed by atoms with van der Waals surface area (Å²) in [6.07, 6.45) is 2.00. The molecule has 1 aromatic heterocycles. The molecule has 0 fully saturated rings. The van der Waals surface area contributed by atoms with Gasteiger partial charge in [-0.25, -0.2) is 4.39 Å². The van der Waals surface area contributed by atoms with E-state index in [1.165, 1.54) is 12.1 Å². The molecule has 148 valence electrons. The van der Waals surface area contributed by atoms with Gasteiger partial charge in [-0.15, -0.1) is 0 Å². The summed E-state index contributed by atoms with van der Waals surface area (Å²) in [7, 11) is 0. The summed E-state index contributed by atoms with van der Waals surface area (Å²) in [5.74, 6) is -1.10. The average Bonchev–Trinajstić information content (AvgIpc) is 3.23. The molecule has 0 radical (unpaired) electrons. The van der Waals surface area contributed by atoms with Crippen molar-refractivity contribution in [2.75, 3.05) is 11.4 Å². The number of aromatic amines is 1. The van der Waals surface area contributed by atoms with Crippen molar-refractivity contribution in [2.45, 2.75) is 26.7 Å². The van der Waals surface area contributed by atoms with Crippen molar-refractivity contribution in [3.05, 3.63) is 65.1 Å². The molecule has 5 nitrogen and oxygen atoms in total. The predicted octanol–water partition coefficient (Wildman–Crippen LogP) is 3.69. The standard InChI is InChI=1S/C23H22FN3O2/c1-4-20(29)27-8-7-14-5-6-15(10-18(14)27)22-17(24)9-16(11-19(25)28)23-21(22)12(2)13(3)26-23/h4-6,9-10,26H,1,7-8,11H2,2-3H3,(H2,25,28). The van der Waals surface area contributed by atoms with Crippen LogP contribution in [0.25, 0.3) is 22.0 Å². The van der Waals surface area contributed by atoms with Crippen molar-refractivity contribution in [1.29, 1.82) is 0 Å². The van der Waals surface area contributed by atoms with Crippen molar-refractivity contribution in [1.82, 2.24) is 4.98 Å². The van der Waals surface area contributed by atoms with E-state index in [2.05, 4.69) is 11.6 Å². The topological polar surface area (TPSA) is 79.2 Å². The van der Waals surface area contributed by atoms with Gasteiger partial charge in [0.15, 0.2) is 0 Å². The number of fused-ring (bicyclic) bond motifs is 2. The van der Waals surface area contributed by atoms with Crippen LogP contribution < -0.4 is 10.6 Å². The number of nitrogens with one attached hydrogen (secondary N) is 1. The summed E-state index contributed by atoms with van der Waals surface area (Å²) >= 11 is 0. The molecule has 1 aliphatic rings. The van der Waals surface area contributed by atoms with E-state index in [1.54, 1.807) is 4.90 Å². The minimum absolute atomic E-state index is 0.0428. The average molecular weight is 391 g/mol. The van der Waals surface area contributed by atoms with Gasteiger partial charge in [0.2, 0.25) is 11.8 Å². The Bertz CT molecular complexity index is 1190. The first-order chi connectivity index (χ1) is 13.8. The lowest BCUT2D eigenvalue weighted by Crippen LogP contribution is -2.26. The van der Waals surface area contributed by atoms with Crippen LogP contribution in [0.3, 0.4) is 0 Å². The van der Waals surface area contributed by atoms with Gasteiger partial charge in [-0.2, -0.15) is 0 Å². The van der Waals surface area contributed by atoms with E-state index < -0.39 is 11.7 Å². The quantitative estimate of drug-likeness (QED) is 0.665. The Labute approximate surface area is 168 Å². The fraction of sp³-hybridized carbons (Fsp3) is 0.217. The molecule has 29 heavy (non-hydrogen) atoms. The van der Waals surface area contributed by atoms with E-state index in [-0.39, 0.29) is 12.3 Å². The third-order valence-electron chi connectivity index (χ3n) is 5.69. The Hall–Kier alpha value is -3.41. The molecule has 2 heterocycles. The summed E-state index contributed by atoms with van der Waals surface area (Å²) in [5.41, 5.74) is 11.4. The lowest BCUT2D eigenvalue weighted by Gasteiger charge is -2.17. The molecule has 6 heteroatoms. The minimum atomic E-state index is -0.514. The van der Waals surface area contributed by atoms with Crippen molar-refractivity contribution < 1.29 is 14.0 Å². The van der Waals surface area contributed by atoms with Gasteiger partial charge in [0.1, 0.15) is 5.82 Å². The van der Waals surface area contributed by atoms with Crippen LogP contribution in [-0.2, 0) is 22.4 Å². The first-order valence-electron chi connectivity index (χ1n) is 9.47. The molecule has 0 bridgehead atoms. The van der Waals surface area contributed by atoms with E-state index in [1.807, 2.05) is 32.0 Å². The Balaban J connectivity index is 1.96. The number of hydrogen-bond acceptors (Lipinski definition) is 2. The van der Waals surface area contributed by atoms with E-state index in [0.29, 0.717) is 23.2 Å². The molecule has 3 N–H and O–H groups in total. The molecule has 0 saturated heterocycles. The molecule has 0 unspecified atom stereocenters. The van der Waals surface area contributed by atoms with Gasteiger partial charge in [0.05, 0.1) is 11.9 Å². The van der Waals surface area contributed by atoms with Gasteiger partial charge in [-0.3, -0.25) is 9.59 Å². The van der Waals surface area contributed by atoms with Crippen LogP contribution in [0.15, 0.2) is 36.9 Å². The van der Waals surface area contributed by atoms with E-state index in [4.69, 9.17) is 5.73 Å². The fourth-order valence-corrected chi connectivity index (χ4v) is 4.17. The molecule has 0 atom stereocenters. The molecule has 2 amide bonds. The van der Waals surface area contributed by atoms with Crippen molar-refractivity contribution >= 4 is 28.4 Å². The highest BCUT2D eigenvalue weighted by atomic mass is 19.1. The minimum Gasteiger partial charge on any atom is -0.369 e. The predicted molar refractivity (Wildman–Crippen MR) is 112 cm³/mol. The second-order valence-corrected chi connectivity index (χ2v) is 7.45. The number of carbonyl (C=O) groups is 2. The Morgan fingerprint density at radius 2 is 2.07 bits per heavy atom. The number of aryl methyl sites for hydroxylation is 2. The van der Waals surface area contributed by atoms with Gasteiger partial charge in [0, 0.05) is 28.9 Å². The number of rotatable bonds is 4. The molecule has 0 aliphatic carbocycles. The highest BCUT2D eigenvalue weighted by Gasteiger charge is 2.25. The molecular formula is C23H22FN3O2. The van der Waals surface area contributed by atoms with Gasteiger partial charge in [-0.05, 0) is 60.7 Å². The Morgan fingerprint density at radius 3 is 2.76 bits per heavy atom. The lowest BCUT2D eigenvalue weighted by atomic mass is 9.94. The molecule has 1 aliphatic heterocycles. The Morgan fingerprint density at radius 1 is 1.31 bits per heavy atom. The summed E-state index contributed by atoms with van der Waals surface area (Å²) in [4.78, 5) is 28.6. The number of amides is 2. The fourth-order valence-electron chi connectivity index (χ4n) is 4.17. The van der Waals surface area contributed by atoms with Crippen LogP contribution in [0.1, 0.15) is 22.4 Å². The zero-order valence-electron chi connectivity index (χ0n) is 16.4. The van der Waals surface area contributed by atoms with Crippen LogP contribution in [0.2, 0.25) is 0 Å². The molecule has 3 aromatic rings. The number of halogens is 1. The van der Waals surface area contributed by atoms with E-state index >= 15 is 4.39 Å². The van der Waals surface area contributed by atoms with Gasteiger partial charge >= 0.3 is 0 Å². The molecular weight excluding hydrogens is 369 g/mol. The molecule has 4 rings (SSSR count). The zero-order valence-corrected chi connectivity index (χ0v) is 16.4. The van der Waals surface area contributed by atoms with Crippen molar-refractivity contribution in [3.63, 3.8) is 0 Å². The number of anilines is 1. The maximum Gasteiger partial charge on any atom is 0.250 e. The number of hydrogen-bond donors (Lipinski definition) is 2. The number of aromatic nitrogens is 1. The highest BCUT2D eigenvalue weighted by Crippen LogP contribution is 2.40. The van der Waals surface area contributed by atoms with Crippen LogP contribution in [0.5, 0.6) is 0 Å². The molecule has 0 spiro atoms. The summed E-state index contributed by atoms with van der Waals surface area (Å²) in [6.45, 7) is 7.99. The number of benzene rings is 2.